The number of hydrogen-bond acceptors (Lipinski definition) is 7. The smallest absolute Gasteiger partial charge is 0.408 e. The third-order valence-corrected chi connectivity index (χ3v) is 7.00. The van der Waals surface area contributed by atoms with Crippen LogP contribution < -0.4 is 10.6 Å². The zero-order chi connectivity index (χ0) is 26.2. The van der Waals surface area contributed by atoms with Gasteiger partial charge in [0, 0.05) is 24.4 Å². The number of fused-ring (bicyclic) bond motifs is 1. The number of ether oxygens (including phenoxy) is 3. The summed E-state index contributed by atoms with van der Waals surface area (Å²) in [7, 11) is 0. The molecule has 0 spiro atoms. The molecule has 2 aliphatic carbocycles. The fraction of sp³-hybridized carbons (Fsp3) is 0.625. The van der Waals surface area contributed by atoms with Crippen LogP contribution in [0.4, 0.5) is 9.18 Å². The Bertz CT molecular complexity index is 1000. The van der Waals surface area contributed by atoms with Crippen LogP contribution in [0.2, 0.25) is 10.0 Å². The third kappa shape index (κ3) is 5.22. The maximum absolute atomic E-state index is 16.0. The molecule has 0 saturated heterocycles. The largest absolute Gasteiger partial charge is 0.464 e. The van der Waals surface area contributed by atoms with E-state index in [1.54, 1.807) is 52.8 Å². The van der Waals surface area contributed by atoms with E-state index in [9.17, 15) is 14.4 Å². The lowest BCUT2D eigenvalue weighted by Gasteiger charge is -2.38. The molecule has 0 aromatic heterocycles. The predicted molar refractivity (Wildman–Crippen MR) is 128 cm³/mol. The van der Waals surface area contributed by atoms with Crippen molar-refractivity contribution in [2.24, 2.45) is 11.8 Å². The van der Waals surface area contributed by atoms with Crippen LogP contribution in [0.25, 0.3) is 0 Å². The van der Waals surface area contributed by atoms with E-state index in [4.69, 9.17) is 37.4 Å². The van der Waals surface area contributed by atoms with Gasteiger partial charge in [-0.2, -0.15) is 0 Å². The van der Waals surface area contributed by atoms with Gasteiger partial charge in [-0.25, -0.2) is 18.8 Å². The van der Waals surface area contributed by atoms with Crippen LogP contribution in [-0.2, 0) is 30.3 Å². The summed E-state index contributed by atoms with van der Waals surface area (Å²) in [4.78, 5) is 38.8. The summed E-state index contributed by atoms with van der Waals surface area (Å²) in [5.41, 5.74) is -4.45. The van der Waals surface area contributed by atoms with Gasteiger partial charge in [-0.3, -0.25) is 0 Å². The number of alkyl halides is 1. The van der Waals surface area contributed by atoms with Crippen molar-refractivity contribution in [3.63, 3.8) is 0 Å². The number of rotatable bonds is 8. The molecular weight excluding hydrogens is 502 g/mol. The highest BCUT2D eigenvalue weighted by Crippen LogP contribution is 2.68. The van der Waals surface area contributed by atoms with E-state index in [-0.39, 0.29) is 26.2 Å². The molecular formula is C24H31Cl2FN2O6. The van der Waals surface area contributed by atoms with Gasteiger partial charge in [-0.05, 0) is 58.7 Å². The maximum atomic E-state index is 16.0. The van der Waals surface area contributed by atoms with Gasteiger partial charge in [0.1, 0.15) is 5.60 Å². The quantitative estimate of drug-likeness (QED) is 0.382. The summed E-state index contributed by atoms with van der Waals surface area (Å²) in [6.07, 6.45) is -0.846. The Morgan fingerprint density at radius 3 is 2.29 bits per heavy atom. The first-order valence-electron chi connectivity index (χ1n) is 11.5. The number of hydrogen-bond donors (Lipinski definition) is 2. The van der Waals surface area contributed by atoms with Crippen molar-refractivity contribution in [2.45, 2.75) is 70.4 Å². The molecule has 5 atom stereocenters. The molecule has 0 unspecified atom stereocenters. The van der Waals surface area contributed by atoms with Crippen LogP contribution in [0.15, 0.2) is 18.2 Å². The van der Waals surface area contributed by atoms with Gasteiger partial charge in [0.05, 0.1) is 23.3 Å². The minimum Gasteiger partial charge on any atom is -0.464 e. The molecule has 3 rings (SSSR count). The molecule has 11 heteroatoms. The Hall–Kier alpha value is -2.10. The van der Waals surface area contributed by atoms with Crippen LogP contribution in [0.1, 0.15) is 46.6 Å². The Balaban J connectivity index is 1.97. The average molecular weight is 533 g/mol. The van der Waals surface area contributed by atoms with Crippen LogP contribution >= 0.6 is 23.2 Å². The van der Waals surface area contributed by atoms with Gasteiger partial charge in [-0.15, -0.1) is 0 Å². The van der Waals surface area contributed by atoms with E-state index >= 15 is 4.39 Å². The highest BCUT2D eigenvalue weighted by atomic mass is 35.5. The average Bonchev–Trinajstić information content (AvgIpc) is 3.20. The minimum atomic E-state index is -2.43. The molecule has 8 nitrogen and oxygen atoms in total. The molecule has 0 radical (unpaired) electrons. The van der Waals surface area contributed by atoms with E-state index in [0.29, 0.717) is 10.0 Å². The van der Waals surface area contributed by atoms with Crippen LogP contribution in [-0.4, -0.2) is 54.1 Å². The van der Waals surface area contributed by atoms with Gasteiger partial charge in [0.2, 0.25) is 5.67 Å². The number of nitrogens with one attached hydrogen (secondary N) is 2. The molecule has 35 heavy (non-hydrogen) atoms. The van der Waals surface area contributed by atoms with E-state index < -0.39 is 52.7 Å². The van der Waals surface area contributed by atoms with Gasteiger partial charge < -0.3 is 24.8 Å². The molecule has 1 aromatic carbocycles. The number of amides is 1. The van der Waals surface area contributed by atoms with Crippen molar-refractivity contribution in [1.29, 1.82) is 0 Å². The molecule has 2 N–H and O–H groups in total. The molecule has 2 saturated carbocycles. The number of benzene rings is 1. The molecule has 0 aliphatic heterocycles. The second-order valence-electron chi connectivity index (χ2n) is 9.71. The van der Waals surface area contributed by atoms with Crippen molar-refractivity contribution in [2.75, 3.05) is 13.2 Å². The molecule has 0 bridgehead atoms. The summed E-state index contributed by atoms with van der Waals surface area (Å²) in [6, 6.07) is 4.29. The highest BCUT2D eigenvalue weighted by molar-refractivity contribution is 6.42. The van der Waals surface area contributed by atoms with E-state index in [0.717, 1.165) is 5.56 Å². The molecule has 194 valence electrons. The Morgan fingerprint density at radius 2 is 1.71 bits per heavy atom. The number of carbonyl (C=O) groups is 3. The normalized spacial score (nSPS) is 29.2. The summed E-state index contributed by atoms with van der Waals surface area (Å²) >= 11 is 12.1. The molecule has 1 aromatic rings. The highest BCUT2D eigenvalue weighted by Gasteiger charge is 2.86. The summed E-state index contributed by atoms with van der Waals surface area (Å²) in [5.74, 6) is -3.95. The van der Waals surface area contributed by atoms with Crippen molar-refractivity contribution in [1.82, 2.24) is 10.6 Å². The monoisotopic (exact) mass is 532 g/mol. The van der Waals surface area contributed by atoms with Crippen LogP contribution in [0.5, 0.6) is 0 Å². The molecule has 2 aliphatic rings. The Labute approximate surface area is 214 Å². The number of halogens is 3. The zero-order valence-corrected chi connectivity index (χ0v) is 21.9. The van der Waals surface area contributed by atoms with Gasteiger partial charge in [-0.1, -0.05) is 29.3 Å². The first kappa shape index (κ1) is 27.5. The van der Waals surface area contributed by atoms with Gasteiger partial charge >= 0.3 is 18.0 Å². The van der Waals surface area contributed by atoms with Gasteiger partial charge in [0.15, 0.2) is 5.54 Å². The maximum Gasteiger partial charge on any atom is 0.408 e. The Kier molecular flexibility index (Phi) is 7.94. The topological polar surface area (TPSA) is 103 Å². The van der Waals surface area contributed by atoms with Crippen molar-refractivity contribution in [3.05, 3.63) is 33.8 Å². The van der Waals surface area contributed by atoms with E-state index in [1.165, 1.54) is 0 Å². The van der Waals surface area contributed by atoms with E-state index in [2.05, 4.69) is 10.6 Å². The van der Waals surface area contributed by atoms with Crippen molar-refractivity contribution in [3.8, 4) is 0 Å². The molecule has 1 amide bonds. The van der Waals surface area contributed by atoms with Gasteiger partial charge in [0.25, 0.3) is 0 Å². The van der Waals surface area contributed by atoms with Crippen molar-refractivity contribution < 1.29 is 33.0 Å². The second kappa shape index (κ2) is 10.1. The first-order valence-corrected chi connectivity index (χ1v) is 12.3. The fourth-order valence-corrected chi connectivity index (χ4v) is 5.22. The SMILES string of the molecule is CCOC(=O)[C@@]1(F)[C@@H]2C[C@@H](NCc3ccc(Cl)c(Cl)c3)[C@@](NC(=O)OC(C)(C)C)(C(=O)OCC)[C@@H]21. The number of esters is 2. The van der Waals surface area contributed by atoms with Crippen LogP contribution in [0, 0.1) is 11.8 Å². The second-order valence-corrected chi connectivity index (χ2v) is 10.5. The lowest BCUT2D eigenvalue weighted by atomic mass is 9.84. The van der Waals surface area contributed by atoms with E-state index in [1.807, 2.05) is 0 Å². The summed E-state index contributed by atoms with van der Waals surface area (Å²) < 4.78 is 31.6. The lowest BCUT2D eigenvalue weighted by Crippen LogP contribution is -2.68. The molecule has 0 heterocycles. The Morgan fingerprint density at radius 1 is 1.09 bits per heavy atom. The third-order valence-electron chi connectivity index (χ3n) is 6.26. The van der Waals surface area contributed by atoms with Crippen LogP contribution in [0.3, 0.4) is 0 Å². The number of alkyl carbamates (subject to hydrolysis) is 1. The number of carbonyl (C=O) groups excluding carboxylic acids is 3. The molecule has 2 fully saturated rings. The summed E-state index contributed by atoms with van der Waals surface area (Å²) in [5, 5.41) is 6.56. The minimum absolute atomic E-state index is 0.00777. The predicted octanol–water partition coefficient (Wildman–Crippen LogP) is 4.20. The fourth-order valence-electron chi connectivity index (χ4n) is 4.90. The lowest BCUT2D eigenvalue weighted by molar-refractivity contribution is -0.158. The zero-order valence-electron chi connectivity index (χ0n) is 20.4. The van der Waals surface area contributed by atoms with Crippen molar-refractivity contribution >= 4 is 41.2 Å². The first-order chi connectivity index (χ1) is 16.3. The standard InChI is InChI=1S/C24H31Cl2FN2O6/c1-6-33-19(30)23(27)14-11-17(28-12-13-8-9-15(25)16(26)10-13)24(18(14)23,20(31)34-7-2)29-21(32)35-22(3,4)5/h8-10,14,17-18,28H,6-7,11-12H2,1-5H3,(H,29,32)/t14-,17-,18+,23-,24+/m1/s1. The summed E-state index contributed by atoms with van der Waals surface area (Å²) in [6.45, 7) is 8.36.